The summed E-state index contributed by atoms with van der Waals surface area (Å²) in [6.07, 6.45) is 1.05. The Hall–Kier alpha value is -3.56. The number of hydrogen-bond donors (Lipinski definition) is 3. The number of benzene rings is 2. The molecule has 1 aliphatic heterocycles. The van der Waals surface area contributed by atoms with E-state index in [1.54, 1.807) is 49.2 Å². The number of nitrogens with one attached hydrogen (secondary N) is 2. The van der Waals surface area contributed by atoms with Gasteiger partial charge in [0, 0.05) is 41.1 Å². The number of aromatic nitrogens is 3. The average Bonchev–Trinajstić information content (AvgIpc) is 3.25. The number of halogens is 1. The van der Waals surface area contributed by atoms with Gasteiger partial charge in [0.15, 0.2) is 5.82 Å². The number of rotatable bonds is 8. The summed E-state index contributed by atoms with van der Waals surface area (Å²) >= 11 is 5.99. The summed E-state index contributed by atoms with van der Waals surface area (Å²) in [4.78, 5) is 18.1. The number of fused-ring (bicyclic) bond motifs is 1. The molecule has 3 N–H and O–H groups in total. The molecule has 0 radical (unpaired) electrons. The molecule has 3 aromatic rings. The van der Waals surface area contributed by atoms with Gasteiger partial charge in [-0.3, -0.25) is 4.79 Å². The first-order valence-corrected chi connectivity index (χ1v) is 11.2. The fourth-order valence-corrected chi connectivity index (χ4v) is 4.02. The molecule has 2 heterocycles. The Labute approximate surface area is 202 Å². The van der Waals surface area contributed by atoms with E-state index in [4.69, 9.17) is 21.1 Å². The number of hydrogen-bond acceptors (Lipinski definition) is 7. The normalized spacial score (nSPS) is 14.9. The first-order chi connectivity index (χ1) is 16.4. The molecule has 0 fully saturated rings. The van der Waals surface area contributed by atoms with Gasteiger partial charge in [0.05, 0.1) is 19.8 Å². The highest BCUT2D eigenvalue weighted by atomic mass is 35.5. The molecule has 1 atom stereocenters. The molecule has 34 heavy (non-hydrogen) atoms. The largest absolute Gasteiger partial charge is 0.497 e. The van der Waals surface area contributed by atoms with E-state index >= 15 is 0 Å². The second kappa shape index (κ2) is 10.1. The van der Waals surface area contributed by atoms with Crippen LogP contribution in [0.15, 0.2) is 53.7 Å². The minimum atomic E-state index is -0.611. The molecule has 9 nitrogen and oxygen atoms in total. The molecule has 1 amide bonds. The average molecular weight is 484 g/mol. The number of anilines is 2. The monoisotopic (exact) mass is 483 g/mol. The molecule has 4 rings (SSSR count). The first-order valence-electron chi connectivity index (χ1n) is 10.8. The van der Waals surface area contributed by atoms with E-state index in [-0.39, 0.29) is 12.5 Å². The van der Waals surface area contributed by atoms with Crippen molar-refractivity contribution in [3.05, 3.63) is 70.1 Å². The number of aliphatic hydroxyl groups is 1. The Kier molecular flexibility index (Phi) is 7.04. The molecule has 1 aromatic heterocycles. The molecular formula is C24H26ClN5O4. The number of aryl methyl sites for hydroxylation is 1. The Morgan fingerprint density at radius 2 is 1.97 bits per heavy atom. The van der Waals surface area contributed by atoms with Crippen molar-refractivity contribution in [3.63, 3.8) is 0 Å². The lowest BCUT2D eigenvalue weighted by Crippen LogP contribution is -2.31. The van der Waals surface area contributed by atoms with Crippen LogP contribution >= 0.6 is 11.6 Å². The Morgan fingerprint density at radius 1 is 1.21 bits per heavy atom. The van der Waals surface area contributed by atoms with E-state index in [0.29, 0.717) is 58.1 Å². The molecular weight excluding hydrogens is 458 g/mol. The highest BCUT2D eigenvalue weighted by Crippen LogP contribution is 2.40. The summed E-state index contributed by atoms with van der Waals surface area (Å²) in [5, 5.41) is 20.6. The lowest BCUT2D eigenvalue weighted by Gasteiger charge is -2.29. The quantitative estimate of drug-likeness (QED) is 0.447. The van der Waals surface area contributed by atoms with Crippen LogP contribution in [0.25, 0.3) is 0 Å². The molecule has 0 bridgehead atoms. The summed E-state index contributed by atoms with van der Waals surface area (Å²) in [6, 6.07) is 11.7. The topological polar surface area (TPSA) is 111 Å². The van der Waals surface area contributed by atoms with Gasteiger partial charge < -0.3 is 25.2 Å². The van der Waals surface area contributed by atoms with Crippen LogP contribution in [0.4, 0.5) is 11.6 Å². The minimum Gasteiger partial charge on any atom is -0.497 e. The van der Waals surface area contributed by atoms with E-state index in [1.807, 2.05) is 19.1 Å². The van der Waals surface area contributed by atoms with Crippen LogP contribution in [0.1, 0.15) is 30.8 Å². The SMILES string of the molecule is COc1ccc(C2C(C(=O)Nc3ccc(Cl)cc3)=C(C)Nc3nc(CCCO)nn32)c(OC)c1. The van der Waals surface area contributed by atoms with E-state index in [0.717, 1.165) is 5.56 Å². The van der Waals surface area contributed by atoms with Crippen molar-refractivity contribution in [2.24, 2.45) is 0 Å². The second-order valence-electron chi connectivity index (χ2n) is 7.76. The number of carbonyl (C=O) groups excluding carboxylic acids is 1. The van der Waals surface area contributed by atoms with Crippen molar-refractivity contribution >= 4 is 29.1 Å². The van der Waals surface area contributed by atoms with Crippen LogP contribution in [0, 0.1) is 0 Å². The van der Waals surface area contributed by atoms with Crippen molar-refractivity contribution in [3.8, 4) is 11.5 Å². The van der Waals surface area contributed by atoms with Gasteiger partial charge in [-0.05, 0) is 49.7 Å². The summed E-state index contributed by atoms with van der Waals surface area (Å²) < 4.78 is 12.7. The standard InChI is InChI=1S/C24H26ClN5O4/c1-14-21(23(32)27-16-8-6-15(25)7-9-16)22(18-11-10-17(33-2)13-19(18)34-3)30-24(26-14)28-20(29-30)5-4-12-31/h6-11,13,22,31H,4-5,12H2,1-3H3,(H,27,32)(H,26,28,29). The molecule has 0 saturated carbocycles. The highest BCUT2D eigenvalue weighted by Gasteiger charge is 2.36. The first kappa shape index (κ1) is 23.6. The zero-order valence-corrected chi connectivity index (χ0v) is 19.9. The number of amides is 1. The lowest BCUT2D eigenvalue weighted by molar-refractivity contribution is -0.113. The smallest absolute Gasteiger partial charge is 0.255 e. The Balaban J connectivity index is 1.81. The van der Waals surface area contributed by atoms with Crippen molar-refractivity contribution in [1.29, 1.82) is 0 Å². The van der Waals surface area contributed by atoms with Gasteiger partial charge in [0.2, 0.25) is 5.95 Å². The van der Waals surface area contributed by atoms with Gasteiger partial charge in [0.25, 0.3) is 5.91 Å². The van der Waals surface area contributed by atoms with Crippen molar-refractivity contribution in [2.75, 3.05) is 31.5 Å². The van der Waals surface area contributed by atoms with Gasteiger partial charge in [-0.25, -0.2) is 4.68 Å². The van der Waals surface area contributed by atoms with E-state index in [1.165, 1.54) is 0 Å². The second-order valence-corrected chi connectivity index (χ2v) is 8.19. The molecule has 0 spiro atoms. The summed E-state index contributed by atoms with van der Waals surface area (Å²) in [5.74, 6) is 1.96. The van der Waals surface area contributed by atoms with Crippen molar-refractivity contribution in [1.82, 2.24) is 14.8 Å². The van der Waals surface area contributed by atoms with Gasteiger partial charge >= 0.3 is 0 Å². The maximum absolute atomic E-state index is 13.6. The maximum atomic E-state index is 13.6. The number of carbonyl (C=O) groups is 1. The van der Waals surface area contributed by atoms with Crippen molar-refractivity contribution in [2.45, 2.75) is 25.8 Å². The number of allylic oxidation sites excluding steroid dienone is 1. The van der Waals surface area contributed by atoms with E-state index in [2.05, 4.69) is 20.7 Å². The van der Waals surface area contributed by atoms with Gasteiger partial charge in [-0.15, -0.1) is 0 Å². The lowest BCUT2D eigenvalue weighted by atomic mass is 9.94. The zero-order valence-electron chi connectivity index (χ0n) is 19.1. The molecule has 1 unspecified atom stereocenters. The third-order valence-corrected chi connectivity index (χ3v) is 5.79. The summed E-state index contributed by atoms with van der Waals surface area (Å²) in [7, 11) is 3.15. The third-order valence-electron chi connectivity index (χ3n) is 5.54. The number of methoxy groups -OCH3 is 2. The van der Waals surface area contributed by atoms with Gasteiger partial charge in [-0.2, -0.15) is 10.1 Å². The third kappa shape index (κ3) is 4.71. The highest BCUT2D eigenvalue weighted by molar-refractivity contribution is 6.30. The van der Waals surface area contributed by atoms with Crippen molar-refractivity contribution < 1.29 is 19.4 Å². The number of ether oxygens (including phenoxy) is 2. The van der Waals surface area contributed by atoms with Gasteiger partial charge in [0.1, 0.15) is 17.5 Å². The summed E-state index contributed by atoms with van der Waals surface area (Å²) in [6.45, 7) is 1.87. The van der Waals surface area contributed by atoms with E-state index < -0.39 is 6.04 Å². The summed E-state index contributed by atoms with van der Waals surface area (Å²) in [5.41, 5.74) is 2.45. The Bertz CT molecular complexity index is 1220. The Morgan fingerprint density at radius 3 is 2.65 bits per heavy atom. The number of aliphatic hydroxyl groups excluding tert-OH is 1. The van der Waals surface area contributed by atoms with Crippen LogP contribution in [-0.4, -0.2) is 46.6 Å². The van der Waals surface area contributed by atoms with Gasteiger partial charge in [-0.1, -0.05) is 11.6 Å². The molecule has 2 aromatic carbocycles. The molecule has 178 valence electrons. The van der Waals surface area contributed by atoms with Crippen LogP contribution in [0.2, 0.25) is 5.02 Å². The van der Waals surface area contributed by atoms with E-state index in [9.17, 15) is 9.90 Å². The zero-order chi connectivity index (χ0) is 24.2. The van der Waals surface area contributed by atoms with Crippen LogP contribution < -0.4 is 20.1 Å². The molecule has 10 heteroatoms. The molecule has 1 aliphatic rings. The number of nitrogens with zero attached hydrogens (tertiary/aromatic N) is 3. The van der Waals surface area contributed by atoms with Crippen LogP contribution in [0.3, 0.4) is 0 Å². The fourth-order valence-electron chi connectivity index (χ4n) is 3.90. The molecule has 0 aliphatic carbocycles. The fraction of sp³-hybridized carbons (Fsp3) is 0.292. The van der Waals surface area contributed by atoms with Crippen LogP contribution in [0.5, 0.6) is 11.5 Å². The molecule has 0 saturated heterocycles. The minimum absolute atomic E-state index is 0.0407. The predicted molar refractivity (Wildman–Crippen MR) is 130 cm³/mol. The predicted octanol–water partition coefficient (Wildman–Crippen LogP) is 3.80. The maximum Gasteiger partial charge on any atom is 0.255 e. The van der Waals surface area contributed by atoms with Crippen LogP contribution in [-0.2, 0) is 11.2 Å².